The molecule has 2 heterocycles. The number of benzene rings is 2. The molecular weight excluding hydrogens is 428 g/mol. The minimum Gasteiger partial charge on any atom is -0.496 e. The molecule has 0 bridgehead atoms. The van der Waals surface area contributed by atoms with Crippen molar-refractivity contribution >= 4 is 11.0 Å². The maximum Gasteiger partial charge on any atom is 0.336 e. The van der Waals surface area contributed by atoms with Gasteiger partial charge in [-0.25, -0.2) is 4.79 Å². The van der Waals surface area contributed by atoms with Crippen LogP contribution in [0.1, 0.15) is 5.56 Å². The Labute approximate surface area is 191 Å². The van der Waals surface area contributed by atoms with E-state index in [4.69, 9.17) is 32.8 Å². The Hall–Kier alpha value is -3.07. The topological polar surface area (TPSA) is 85.6 Å². The molecule has 176 valence electrons. The number of rotatable bonds is 2. The lowest BCUT2D eigenvalue weighted by Crippen LogP contribution is -2.13. The van der Waals surface area contributed by atoms with Crippen molar-refractivity contribution in [1.82, 2.24) is 0 Å². The van der Waals surface area contributed by atoms with E-state index in [-0.39, 0.29) is 5.63 Å². The Morgan fingerprint density at radius 1 is 0.758 bits per heavy atom. The van der Waals surface area contributed by atoms with Gasteiger partial charge in [0, 0.05) is 23.1 Å². The van der Waals surface area contributed by atoms with Crippen molar-refractivity contribution in [3.63, 3.8) is 0 Å². The van der Waals surface area contributed by atoms with Crippen LogP contribution in [0.25, 0.3) is 22.1 Å². The first-order valence-corrected chi connectivity index (χ1v) is 10.9. The first-order valence-electron chi connectivity index (χ1n) is 10.9. The van der Waals surface area contributed by atoms with Crippen molar-refractivity contribution in [2.75, 3.05) is 60.0 Å². The molecule has 0 atom stereocenters. The monoisotopic (exact) mass is 456 g/mol. The van der Waals surface area contributed by atoms with Crippen LogP contribution in [-0.2, 0) is 14.2 Å². The molecule has 0 unspecified atom stereocenters. The number of methoxy groups -OCH3 is 1. The SMILES string of the molecule is COc1cc2oc(=O)cc(C)c2cc1-c1ccc2c(c1)OCCOCCOCCOCCO2. The molecule has 8 heteroatoms. The number of hydrogen-bond donors (Lipinski definition) is 0. The van der Waals surface area contributed by atoms with Crippen LogP contribution in [0.4, 0.5) is 0 Å². The Morgan fingerprint density at radius 3 is 2.06 bits per heavy atom. The third kappa shape index (κ3) is 5.84. The van der Waals surface area contributed by atoms with Gasteiger partial charge in [-0.15, -0.1) is 0 Å². The summed E-state index contributed by atoms with van der Waals surface area (Å²) in [6.07, 6.45) is 0. The summed E-state index contributed by atoms with van der Waals surface area (Å²) in [4.78, 5) is 11.8. The summed E-state index contributed by atoms with van der Waals surface area (Å²) in [5.41, 5.74) is 2.65. The van der Waals surface area contributed by atoms with E-state index in [1.165, 1.54) is 6.07 Å². The van der Waals surface area contributed by atoms with Crippen LogP contribution in [0.3, 0.4) is 0 Å². The van der Waals surface area contributed by atoms with Crippen molar-refractivity contribution in [2.24, 2.45) is 0 Å². The maximum atomic E-state index is 11.8. The molecule has 0 amide bonds. The Kier molecular flexibility index (Phi) is 7.83. The van der Waals surface area contributed by atoms with Gasteiger partial charge >= 0.3 is 5.63 Å². The summed E-state index contributed by atoms with van der Waals surface area (Å²) in [6.45, 7) is 5.57. The molecule has 0 N–H and O–H groups in total. The lowest BCUT2D eigenvalue weighted by atomic mass is 10.00. The minimum absolute atomic E-state index is 0.370. The summed E-state index contributed by atoms with van der Waals surface area (Å²) in [5.74, 6) is 1.81. The molecule has 8 nitrogen and oxygen atoms in total. The van der Waals surface area contributed by atoms with Crippen LogP contribution in [-0.4, -0.2) is 60.0 Å². The van der Waals surface area contributed by atoms with Crippen LogP contribution in [0.5, 0.6) is 17.2 Å². The molecule has 0 saturated carbocycles. The van der Waals surface area contributed by atoms with Crippen LogP contribution in [0, 0.1) is 6.92 Å². The van der Waals surface area contributed by atoms with Gasteiger partial charge in [0.15, 0.2) is 11.5 Å². The normalized spacial score (nSPS) is 16.1. The lowest BCUT2D eigenvalue weighted by Gasteiger charge is -2.16. The van der Waals surface area contributed by atoms with Gasteiger partial charge in [-0.1, -0.05) is 6.07 Å². The molecule has 2 aromatic carbocycles. The van der Waals surface area contributed by atoms with Gasteiger partial charge in [0.05, 0.1) is 46.8 Å². The molecule has 33 heavy (non-hydrogen) atoms. The number of ether oxygens (including phenoxy) is 6. The molecule has 4 rings (SSSR count). The molecule has 0 radical (unpaired) electrons. The fourth-order valence-corrected chi connectivity index (χ4v) is 3.61. The summed E-state index contributed by atoms with van der Waals surface area (Å²) >= 11 is 0. The molecule has 3 aromatic rings. The van der Waals surface area contributed by atoms with Crippen LogP contribution in [0.2, 0.25) is 0 Å². The molecule has 0 aliphatic carbocycles. The second kappa shape index (κ2) is 11.2. The third-order valence-corrected chi connectivity index (χ3v) is 5.24. The van der Waals surface area contributed by atoms with Gasteiger partial charge in [-0.05, 0) is 36.2 Å². The zero-order valence-corrected chi connectivity index (χ0v) is 18.9. The smallest absolute Gasteiger partial charge is 0.336 e. The van der Waals surface area contributed by atoms with E-state index in [1.807, 2.05) is 31.2 Å². The predicted molar refractivity (Wildman–Crippen MR) is 123 cm³/mol. The fourth-order valence-electron chi connectivity index (χ4n) is 3.61. The van der Waals surface area contributed by atoms with Crippen molar-refractivity contribution in [1.29, 1.82) is 0 Å². The average Bonchev–Trinajstić information content (AvgIpc) is 2.82. The maximum absolute atomic E-state index is 11.8. The Morgan fingerprint density at radius 2 is 1.39 bits per heavy atom. The Bertz CT molecular complexity index is 1140. The summed E-state index contributed by atoms with van der Waals surface area (Å²) in [7, 11) is 1.58. The zero-order chi connectivity index (χ0) is 23.0. The predicted octanol–water partition coefficient (Wildman–Crippen LogP) is 3.60. The molecular formula is C25H28O8. The van der Waals surface area contributed by atoms with Gasteiger partial charge in [0.2, 0.25) is 0 Å². The number of hydrogen-bond acceptors (Lipinski definition) is 8. The second-order valence-corrected chi connectivity index (χ2v) is 7.49. The van der Waals surface area contributed by atoms with Gasteiger partial charge in [-0.3, -0.25) is 0 Å². The number of fused-ring (bicyclic) bond motifs is 2. The lowest BCUT2D eigenvalue weighted by molar-refractivity contribution is 0.00708. The van der Waals surface area contributed by atoms with Gasteiger partial charge in [-0.2, -0.15) is 0 Å². The highest BCUT2D eigenvalue weighted by atomic mass is 16.6. The van der Waals surface area contributed by atoms with Crippen molar-refractivity contribution in [2.45, 2.75) is 6.92 Å². The number of aryl methyl sites for hydroxylation is 1. The molecule has 1 aliphatic heterocycles. The molecule has 0 fully saturated rings. The van der Waals surface area contributed by atoms with Crippen LogP contribution < -0.4 is 19.8 Å². The highest BCUT2D eigenvalue weighted by Crippen LogP contribution is 2.39. The van der Waals surface area contributed by atoms with E-state index in [0.29, 0.717) is 75.7 Å². The van der Waals surface area contributed by atoms with Crippen LogP contribution in [0.15, 0.2) is 45.6 Å². The van der Waals surface area contributed by atoms with E-state index in [2.05, 4.69) is 0 Å². The van der Waals surface area contributed by atoms with Crippen molar-refractivity contribution < 1.29 is 32.8 Å². The summed E-state index contributed by atoms with van der Waals surface area (Å²) < 4.78 is 39.4. The fraction of sp³-hybridized carbons (Fsp3) is 0.400. The van der Waals surface area contributed by atoms with E-state index in [0.717, 1.165) is 22.1 Å². The van der Waals surface area contributed by atoms with Crippen molar-refractivity contribution in [3.05, 3.63) is 52.4 Å². The first kappa shape index (κ1) is 23.1. The molecule has 0 spiro atoms. The van der Waals surface area contributed by atoms with E-state index in [9.17, 15) is 4.79 Å². The molecule has 1 aliphatic rings. The highest BCUT2D eigenvalue weighted by molar-refractivity contribution is 5.89. The summed E-state index contributed by atoms with van der Waals surface area (Å²) in [6, 6.07) is 10.9. The van der Waals surface area contributed by atoms with E-state index >= 15 is 0 Å². The summed E-state index contributed by atoms with van der Waals surface area (Å²) in [5, 5.41) is 0.839. The van der Waals surface area contributed by atoms with E-state index < -0.39 is 0 Å². The van der Waals surface area contributed by atoms with Gasteiger partial charge < -0.3 is 32.8 Å². The minimum atomic E-state index is -0.389. The largest absolute Gasteiger partial charge is 0.496 e. The standard InChI is InChI=1S/C25H28O8/c1-17-13-25(26)33-23-16-22(27-2)20(15-19(17)23)18-3-4-21-24(14-18)32-12-10-30-8-6-28-5-7-29-9-11-31-21/h3-4,13-16H,5-12H2,1-2H3. The van der Waals surface area contributed by atoms with Gasteiger partial charge in [0.25, 0.3) is 0 Å². The quantitative estimate of drug-likeness (QED) is 0.541. The molecule has 0 saturated heterocycles. The van der Waals surface area contributed by atoms with Crippen LogP contribution >= 0.6 is 0 Å². The second-order valence-electron chi connectivity index (χ2n) is 7.49. The average molecular weight is 456 g/mol. The molecule has 1 aromatic heterocycles. The first-order chi connectivity index (χ1) is 16.2. The zero-order valence-electron chi connectivity index (χ0n) is 18.9. The third-order valence-electron chi connectivity index (χ3n) is 5.24. The Balaban J connectivity index is 1.66. The van der Waals surface area contributed by atoms with Crippen molar-refractivity contribution in [3.8, 4) is 28.4 Å². The highest BCUT2D eigenvalue weighted by Gasteiger charge is 2.15. The van der Waals surface area contributed by atoms with Gasteiger partial charge in [0.1, 0.15) is 24.5 Å². The van der Waals surface area contributed by atoms with E-state index in [1.54, 1.807) is 13.2 Å².